The third-order valence-corrected chi connectivity index (χ3v) is 7.64. The largest absolute Gasteiger partial charge is 0.508 e. The van der Waals surface area contributed by atoms with E-state index in [1.807, 2.05) is 23.1 Å². The molecule has 2 fully saturated rings. The number of amides is 1. The summed E-state index contributed by atoms with van der Waals surface area (Å²) in [4.78, 5) is 33.6. The Morgan fingerprint density at radius 2 is 1.92 bits per heavy atom. The number of phenols is 1. The minimum Gasteiger partial charge on any atom is -0.508 e. The third-order valence-electron chi connectivity index (χ3n) is 7.64. The van der Waals surface area contributed by atoms with Gasteiger partial charge < -0.3 is 19.6 Å². The van der Waals surface area contributed by atoms with Gasteiger partial charge in [-0.2, -0.15) is 0 Å². The van der Waals surface area contributed by atoms with Gasteiger partial charge in [-0.05, 0) is 93.0 Å². The van der Waals surface area contributed by atoms with Gasteiger partial charge in [0.2, 0.25) is 0 Å². The Morgan fingerprint density at radius 1 is 1.11 bits per heavy atom. The van der Waals surface area contributed by atoms with Crippen LogP contribution >= 0.6 is 0 Å². The van der Waals surface area contributed by atoms with Crippen molar-refractivity contribution >= 4 is 17.6 Å². The normalized spacial score (nSPS) is 24.4. The number of rotatable bonds is 5. The Labute approximate surface area is 220 Å². The maximum atomic E-state index is 13.2. The van der Waals surface area contributed by atoms with E-state index in [9.17, 15) is 14.7 Å². The summed E-state index contributed by atoms with van der Waals surface area (Å²) in [6.07, 6.45) is 18.0. The Balaban J connectivity index is 1.58. The molecule has 2 heterocycles. The van der Waals surface area contributed by atoms with E-state index in [0.29, 0.717) is 36.3 Å². The Morgan fingerprint density at radius 3 is 2.70 bits per heavy atom. The zero-order chi connectivity index (χ0) is 26.0. The summed E-state index contributed by atoms with van der Waals surface area (Å²) in [7, 11) is 0. The van der Waals surface area contributed by atoms with Crippen LogP contribution in [0.3, 0.4) is 0 Å². The molecule has 200 valence electrons. The number of allylic oxidation sites excluding steroid dienone is 3. The molecule has 37 heavy (non-hydrogen) atoms. The van der Waals surface area contributed by atoms with Crippen molar-refractivity contribution in [2.45, 2.75) is 89.5 Å². The number of ether oxygens (including phenoxy) is 1. The van der Waals surface area contributed by atoms with Crippen LogP contribution in [0, 0.1) is 0 Å². The molecule has 2 aliphatic heterocycles. The van der Waals surface area contributed by atoms with Crippen molar-refractivity contribution in [2.75, 3.05) is 19.8 Å². The fourth-order valence-corrected chi connectivity index (χ4v) is 5.40. The molecule has 1 atom stereocenters. The minimum atomic E-state index is -0.363. The molecule has 7 heteroatoms. The van der Waals surface area contributed by atoms with Crippen LogP contribution in [0.5, 0.6) is 5.75 Å². The third kappa shape index (κ3) is 7.24. The lowest BCUT2D eigenvalue weighted by molar-refractivity contribution is -0.139. The molecular formula is C30H40N2O5. The number of cyclic esters (lactones) is 1. The number of esters is 1. The van der Waals surface area contributed by atoms with Gasteiger partial charge in [0.05, 0.1) is 17.9 Å². The van der Waals surface area contributed by atoms with Crippen LogP contribution in [0.4, 0.5) is 0 Å². The summed E-state index contributed by atoms with van der Waals surface area (Å²) in [6, 6.07) is 3.60. The number of aromatic hydroxyl groups is 1. The highest BCUT2D eigenvalue weighted by molar-refractivity contribution is 6.00. The summed E-state index contributed by atoms with van der Waals surface area (Å²) >= 11 is 0. The molecular weight excluding hydrogens is 468 g/mol. The first-order chi connectivity index (χ1) is 18.1. The summed E-state index contributed by atoms with van der Waals surface area (Å²) in [5.41, 5.74) is 2.64. The fourth-order valence-electron chi connectivity index (χ4n) is 5.40. The number of benzene rings is 1. The van der Waals surface area contributed by atoms with Gasteiger partial charge in [0.25, 0.3) is 5.91 Å². The van der Waals surface area contributed by atoms with E-state index in [4.69, 9.17) is 9.57 Å². The number of hydrogen-bond donors (Lipinski definition) is 1. The molecule has 1 saturated carbocycles. The zero-order valence-corrected chi connectivity index (χ0v) is 22.0. The standard InChI is InChI=1S/C30H40N2O5/c1-2-25-15-8-9-16-32(25)28(34)21-37-31-24-14-7-5-3-4-6-10-17-36-30(35)29-23(18-24)19-26(33)20-27(29)22-12-11-13-22/h4,6-7,14,19-20,22,25,33H,2-3,5,8-13,15-18,21H2,1H3/b6-4+,14-7+,31-24-. The van der Waals surface area contributed by atoms with Gasteiger partial charge in [-0.15, -0.1) is 0 Å². The van der Waals surface area contributed by atoms with Crippen molar-refractivity contribution in [3.63, 3.8) is 0 Å². The zero-order valence-electron chi connectivity index (χ0n) is 22.0. The fraction of sp³-hybridized carbons (Fsp3) is 0.567. The lowest BCUT2D eigenvalue weighted by atomic mass is 9.77. The van der Waals surface area contributed by atoms with Crippen LogP contribution in [0.1, 0.15) is 98.5 Å². The van der Waals surface area contributed by atoms with E-state index in [0.717, 1.165) is 69.9 Å². The molecule has 0 spiro atoms. The molecule has 3 aliphatic rings. The lowest BCUT2D eigenvalue weighted by Gasteiger charge is -2.34. The lowest BCUT2D eigenvalue weighted by Crippen LogP contribution is -2.44. The molecule has 0 radical (unpaired) electrons. The molecule has 1 aromatic carbocycles. The van der Waals surface area contributed by atoms with Gasteiger partial charge in [-0.3, -0.25) is 4.79 Å². The van der Waals surface area contributed by atoms with Crippen molar-refractivity contribution < 1.29 is 24.3 Å². The predicted molar refractivity (Wildman–Crippen MR) is 144 cm³/mol. The highest BCUT2D eigenvalue weighted by Gasteiger charge is 2.29. The van der Waals surface area contributed by atoms with E-state index >= 15 is 0 Å². The second-order valence-corrected chi connectivity index (χ2v) is 10.3. The van der Waals surface area contributed by atoms with Gasteiger partial charge in [-0.25, -0.2) is 4.79 Å². The van der Waals surface area contributed by atoms with E-state index in [2.05, 4.69) is 18.2 Å². The van der Waals surface area contributed by atoms with E-state index in [1.165, 1.54) is 0 Å². The average Bonchev–Trinajstić information content (AvgIpc) is 2.85. The average molecular weight is 509 g/mol. The van der Waals surface area contributed by atoms with Gasteiger partial charge in [-0.1, -0.05) is 36.7 Å². The van der Waals surface area contributed by atoms with E-state index in [1.54, 1.807) is 12.1 Å². The van der Waals surface area contributed by atoms with Crippen molar-refractivity contribution in [3.8, 4) is 5.75 Å². The van der Waals surface area contributed by atoms with Crippen molar-refractivity contribution in [3.05, 3.63) is 53.1 Å². The Hall–Kier alpha value is -3.09. The number of phenolic OH excluding ortho intramolecular Hbond substituents is 1. The molecule has 7 nitrogen and oxygen atoms in total. The number of likely N-dealkylation sites (tertiary alicyclic amines) is 1. The van der Waals surface area contributed by atoms with Crippen LogP contribution in [0.25, 0.3) is 0 Å². The second kappa shape index (κ2) is 13.5. The summed E-state index contributed by atoms with van der Waals surface area (Å²) in [6.45, 7) is 3.08. The first-order valence-corrected chi connectivity index (χ1v) is 13.9. The maximum absolute atomic E-state index is 13.2. The summed E-state index contributed by atoms with van der Waals surface area (Å²) < 4.78 is 5.64. The van der Waals surface area contributed by atoms with Crippen molar-refractivity contribution in [2.24, 2.45) is 5.16 Å². The molecule has 1 amide bonds. The monoisotopic (exact) mass is 508 g/mol. The second-order valence-electron chi connectivity index (χ2n) is 10.3. The smallest absolute Gasteiger partial charge is 0.338 e. The van der Waals surface area contributed by atoms with Crippen molar-refractivity contribution in [1.29, 1.82) is 0 Å². The quantitative estimate of drug-likeness (QED) is 0.308. The number of piperidine rings is 1. The highest BCUT2D eigenvalue weighted by atomic mass is 16.6. The van der Waals surface area contributed by atoms with Crippen LogP contribution in [-0.2, 0) is 20.8 Å². The molecule has 0 aromatic heterocycles. The van der Waals surface area contributed by atoms with Crippen LogP contribution in [0.2, 0.25) is 0 Å². The molecule has 4 rings (SSSR count). The Bertz CT molecular complexity index is 1040. The van der Waals surface area contributed by atoms with Crippen LogP contribution in [-0.4, -0.2) is 53.4 Å². The number of fused-ring (bicyclic) bond motifs is 1. The Kier molecular flexibility index (Phi) is 9.80. The molecule has 1 saturated heterocycles. The van der Waals surface area contributed by atoms with Gasteiger partial charge >= 0.3 is 5.97 Å². The minimum absolute atomic E-state index is 0.0419. The molecule has 1 aromatic rings. The van der Waals surface area contributed by atoms with E-state index in [-0.39, 0.29) is 36.2 Å². The topological polar surface area (TPSA) is 88.4 Å². The summed E-state index contributed by atoms with van der Waals surface area (Å²) in [5, 5.41) is 14.9. The molecule has 0 bridgehead atoms. The number of nitrogens with zero attached hydrogens (tertiary/aromatic N) is 2. The van der Waals surface area contributed by atoms with Gasteiger partial charge in [0.1, 0.15) is 5.75 Å². The first kappa shape index (κ1) is 27.0. The number of carbonyl (C=O) groups is 2. The SMILES string of the molecule is CCC1CCCCN1C(=O)CO/N=C1/C=C/CC/C=C/CCOC(=O)c2c(cc(O)cc2C2CCC2)C1. The first-order valence-electron chi connectivity index (χ1n) is 13.9. The number of oxime groups is 1. The summed E-state index contributed by atoms with van der Waals surface area (Å²) in [5.74, 6) is -0.0297. The predicted octanol–water partition coefficient (Wildman–Crippen LogP) is 5.82. The molecule has 1 unspecified atom stereocenters. The number of carbonyl (C=O) groups excluding carboxylic acids is 2. The van der Waals surface area contributed by atoms with E-state index < -0.39 is 0 Å². The molecule has 1 aliphatic carbocycles. The van der Waals surface area contributed by atoms with Crippen molar-refractivity contribution in [1.82, 2.24) is 4.90 Å². The van der Waals surface area contributed by atoms with Crippen LogP contribution in [0.15, 0.2) is 41.6 Å². The highest BCUT2D eigenvalue weighted by Crippen LogP contribution is 2.41. The number of hydrogen-bond acceptors (Lipinski definition) is 6. The van der Waals surface area contributed by atoms with Crippen LogP contribution < -0.4 is 0 Å². The molecule has 1 N–H and O–H groups in total. The van der Waals surface area contributed by atoms with Gasteiger partial charge in [0, 0.05) is 19.0 Å². The maximum Gasteiger partial charge on any atom is 0.338 e. The van der Waals surface area contributed by atoms with Gasteiger partial charge in [0.15, 0.2) is 6.61 Å².